The van der Waals surface area contributed by atoms with Crippen LogP contribution >= 0.6 is 0 Å². The molecule has 3 nitrogen and oxygen atoms in total. The monoisotopic (exact) mass is 141 g/mol. The number of hydrogen-bond donors (Lipinski definition) is 0. The number of nitrogens with zero attached hydrogens (tertiary/aromatic N) is 1. The molecule has 0 aromatic heterocycles. The number of carbonyl (C=O) groups excluding carboxylic acids is 1. The van der Waals surface area contributed by atoms with Gasteiger partial charge in [0.25, 0.3) is 6.08 Å². The molecule has 0 aliphatic carbocycles. The zero-order chi connectivity index (χ0) is 7.33. The van der Waals surface area contributed by atoms with Crippen LogP contribution in [0.3, 0.4) is 0 Å². The summed E-state index contributed by atoms with van der Waals surface area (Å²) in [6.45, 7) is -1.55. The summed E-state index contributed by atoms with van der Waals surface area (Å²) in [4.78, 5) is 12.5. The van der Waals surface area contributed by atoms with E-state index in [1.54, 1.807) is 0 Å². The Kier molecular flexibility index (Phi) is 2.73. The summed E-state index contributed by atoms with van der Waals surface area (Å²) in [5.74, 6) is 0. The Morgan fingerprint density at radius 3 is 2.44 bits per heavy atom. The van der Waals surface area contributed by atoms with Crippen molar-refractivity contribution in [3.8, 4) is 0 Å². The Morgan fingerprint density at radius 1 is 1.56 bits per heavy atom. The first-order valence-electron chi connectivity index (χ1n) is 1.82. The molecular formula is C3H2F3NO2. The molecule has 0 aliphatic rings. The zero-order valence-corrected chi connectivity index (χ0v) is 4.10. The fourth-order valence-corrected chi connectivity index (χ4v) is 0.132. The fraction of sp³-hybridized carbons (Fsp3) is 0.667. The SMILES string of the molecule is O=C=NOCC(F)(F)F. The van der Waals surface area contributed by atoms with Crippen molar-refractivity contribution in [2.24, 2.45) is 5.16 Å². The summed E-state index contributed by atoms with van der Waals surface area (Å²) < 4.78 is 33.2. The Morgan fingerprint density at radius 2 is 2.11 bits per heavy atom. The van der Waals surface area contributed by atoms with Crippen molar-refractivity contribution in [2.45, 2.75) is 6.18 Å². The maximum absolute atomic E-state index is 11.1. The van der Waals surface area contributed by atoms with E-state index in [4.69, 9.17) is 4.79 Å². The summed E-state index contributed by atoms with van der Waals surface area (Å²) in [6.07, 6.45) is -3.65. The number of isocyanates is 1. The molecule has 0 bridgehead atoms. The first-order valence-corrected chi connectivity index (χ1v) is 1.82. The van der Waals surface area contributed by atoms with Gasteiger partial charge in [-0.2, -0.15) is 13.2 Å². The van der Waals surface area contributed by atoms with E-state index in [-0.39, 0.29) is 0 Å². The molecule has 52 valence electrons. The van der Waals surface area contributed by atoms with Crippen molar-refractivity contribution in [1.29, 1.82) is 0 Å². The van der Waals surface area contributed by atoms with Crippen molar-refractivity contribution in [1.82, 2.24) is 0 Å². The van der Waals surface area contributed by atoms with Gasteiger partial charge in [-0.15, -0.1) is 0 Å². The van der Waals surface area contributed by atoms with E-state index in [0.717, 1.165) is 6.08 Å². The lowest BCUT2D eigenvalue weighted by Gasteiger charge is -2.00. The molecule has 0 aromatic carbocycles. The van der Waals surface area contributed by atoms with E-state index in [0.29, 0.717) is 0 Å². The van der Waals surface area contributed by atoms with Crippen molar-refractivity contribution < 1.29 is 22.8 Å². The maximum atomic E-state index is 11.1. The topological polar surface area (TPSA) is 38.7 Å². The highest BCUT2D eigenvalue weighted by atomic mass is 19.4. The van der Waals surface area contributed by atoms with Gasteiger partial charge in [-0.05, 0) is 0 Å². The summed E-state index contributed by atoms with van der Waals surface area (Å²) in [6, 6.07) is 0. The lowest BCUT2D eigenvalue weighted by molar-refractivity contribution is -0.173. The molecule has 0 saturated heterocycles. The van der Waals surface area contributed by atoms with Crippen LogP contribution in [0.5, 0.6) is 0 Å². The van der Waals surface area contributed by atoms with Crippen LogP contribution in [0.1, 0.15) is 0 Å². The Balaban J connectivity index is 3.39. The molecule has 0 unspecified atom stereocenters. The third-order valence-electron chi connectivity index (χ3n) is 0.330. The minimum Gasteiger partial charge on any atom is -0.376 e. The van der Waals surface area contributed by atoms with Gasteiger partial charge in [0.05, 0.1) is 0 Å². The van der Waals surface area contributed by atoms with Crippen molar-refractivity contribution in [2.75, 3.05) is 6.61 Å². The maximum Gasteiger partial charge on any atom is 0.425 e. The molecule has 0 amide bonds. The zero-order valence-electron chi connectivity index (χ0n) is 4.10. The lowest BCUT2D eigenvalue weighted by atomic mass is 10.7. The second-order valence-electron chi connectivity index (χ2n) is 1.07. The molecule has 0 atom stereocenters. The number of hydrogen-bond acceptors (Lipinski definition) is 3. The molecule has 0 rings (SSSR count). The Bertz CT molecular complexity index is 126. The first-order chi connectivity index (χ1) is 4.06. The van der Waals surface area contributed by atoms with Crippen LogP contribution < -0.4 is 0 Å². The molecule has 0 aromatic rings. The van der Waals surface area contributed by atoms with Crippen LogP contribution in [0.4, 0.5) is 13.2 Å². The Labute approximate surface area is 48.1 Å². The van der Waals surface area contributed by atoms with Gasteiger partial charge in [-0.1, -0.05) is 0 Å². The minimum absolute atomic E-state index is 0.793. The quantitative estimate of drug-likeness (QED) is 0.324. The highest BCUT2D eigenvalue weighted by Gasteiger charge is 2.28. The highest BCUT2D eigenvalue weighted by Crippen LogP contribution is 2.13. The average Bonchev–Trinajstić information content (AvgIpc) is 1.63. The van der Waals surface area contributed by atoms with Crippen LogP contribution in [0.15, 0.2) is 5.16 Å². The molecule has 9 heavy (non-hydrogen) atoms. The molecule has 0 aliphatic heterocycles. The van der Waals surface area contributed by atoms with E-state index in [2.05, 4.69) is 9.99 Å². The van der Waals surface area contributed by atoms with Crippen molar-refractivity contribution in [3.05, 3.63) is 0 Å². The van der Waals surface area contributed by atoms with Crippen molar-refractivity contribution >= 4 is 6.08 Å². The summed E-state index contributed by atoms with van der Waals surface area (Å²) in [5, 5.41) is 2.23. The fourth-order valence-electron chi connectivity index (χ4n) is 0.132. The van der Waals surface area contributed by atoms with Gasteiger partial charge in [-0.3, -0.25) is 0 Å². The molecule has 6 heteroatoms. The molecule has 0 fully saturated rings. The second kappa shape index (κ2) is 3.09. The summed E-state index contributed by atoms with van der Waals surface area (Å²) in [5.41, 5.74) is 0. The summed E-state index contributed by atoms with van der Waals surface area (Å²) in [7, 11) is 0. The average molecular weight is 141 g/mol. The molecule has 0 N–H and O–H groups in total. The molecule has 0 spiro atoms. The number of alkyl halides is 3. The lowest BCUT2D eigenvalue weighted by Crippen LogP contribution is -2.14. The predicted molar refractivity (Wildman–Crippen MR) is 20.1 cm³/mol. The van der Waals surface area contributed by atoms with E-state index in [9.17, 15) is 13.2 Å². The van der Waals surface area contributed by atoms with Gasteiger partial charge in [0.2, 0.25) is 6.61 Å². The van der Waals surface area contributed by atoms with Crippen LogP contribution in [0, 0.1) is 0 Å². The molecular weight excluding hydrogens is 139 g/mol. The number of halogens is 3. The van der Waals surface area contributed by atoms with Gasteiger partial charge in [0, 0.05) is 5.16 Å². The Hall–Kier alpha value is -1.03. The third kappa shape index (κ3) is 6.97. The second-order valence-corrected chi connectivity index (χ2v) is 1.07. The van der Waals surface area contributed by atoms with E-state index in [1.807, 2.05) is 0 Å². The van der Waals surface area contributed by atoms with E-state index >= 15 is 0 Å². The molecule has 0 saturated carbocycles. The number of rotatable bonds is 2. The van der Waals surface area contributed by atoms with Gasteiger partial charge < -0.3 is 4.84 Å². The van der Waals surface area contributed by atoms with Gasteiger partial charge in [0.15, 0.2) is 0 Å². The van der Waals surface area contributed by atoms with Crippen LogP contribution in [0.2, 0.25) is 0 Å². The van der Waals surface area contributed by atoms with E-state index < -0.39 is 12.8 Å². The smallest absolute Gasteiger partial charge is 0.376 e. The van der Waals surface area contributed by atoms with Crippen molar-refractivity contribution in [3.63, 3.8) is 0 Å². The van der Waals surface area contributed by atoms with Gasteiger partial charge in [0.1, 0.15) is 0 Å². The van der Waals surface area contributed by atoms with E-state index in [1.165, 1.54) is 0 Å². The molecule has 0 radical (unpaired) electrons. The van der Waals surface area contributed by atoms with Crippen LogP contribution in [0.25, 0.3) is 0 Å². The standard InChI is InChI=1S/C3H2F3NO2/c4-3(5,6)1-9-7-2-8/h1H2. The van der Waals surface area contributed by atoms with Crippen LogP contribution in [-0.2, 0) is 9.63 Å². The van der Waals surface area contributed by atoms with Gasteiger partial charge in [-0.25, -0.2) is 4.79 Å². The third-order valence-corrected chi connectivity index (χ3v) is 0.330. The summed E-state index contributed by atoms with van der Waals surface area (Å²) >= 11 is 0. The van der Waals surface area contributed by atoms with Gasteiger partial charge >= 0.3 is 6.18 Å². The largest absolute Gasteiger partial charge is 0.425 e. The van der Waals surface area contributed by atoms with Crippen LogP contribution in [-0.4, -0.2) is 18.9 Å². The normalized spacial score (nSPS) is 10.1. The minimum atomic E-state index is -4.44. The predicted octanol–water partition coefficient (Wildman–Crippen LogP) is 0.816. The first kappa shape index (κ1) is 7.97. The highest BCUT2D eigenvalue weighted by molar-refractivity contribution is 5.31. The molecule has 0 heterocycles.